The second-order valence-electron chi connectivity index (χ2n) is 8.07. The number of rotatable bonds is 9. The van der Waals surface area contributed by atoms with Gasteiger partial charge >= 0.3 is 0 Å². The Morgan fingerprint density at radius 3 is 2.05 bits per heavy atom. The van der Waals surface area contributed by atoms with Crippen molar-refractivity contribution in [2.45, 2.75) is 60.4 Å². The maximum absolute atomic E-state index is 3.66. The molecule has 1 N–H and O–H groups in total. The Bertz CT molecular complexity index is 270. The van der Waals surface area contributed by atoms with Gasteiger partial charge in [-0.05, 0) is 17.8 Å². The van der Waals surface area contributed by atoms with Crippen LogP contribution in [0.4, 0.5) is 0 Å². The minimum Gasteiger partial charge on any atom is -0.314 e. The summed E-state index contributed by atoms with van der Waals surface area (Å²) in [6.07, 6.45) is 2.60. The topological polar surface area (TPSA) is 18.5 Å². The molecule has 0 amide bonds. The largest absolute Gasteiger partial charge is 0.314 e. The number of nitrogens with one attached hydrogen (secondary N) is 1. The molecule has 1 fully saturated rings. The summed E-state index contributed by atoms with van der Waals surface area (Å²) in [6.45, 7) is 22.5. The lowest BCUT2D eigenvalue weighted by Crippen LogP contribution is -2.52. The fraction of sp³-hybridized carbons (Fsp3) is 1.00. The highest BCUT2D eigenvalue weighted by atomic mass is 15.3. The molecular weight excluding hydrogens is 258 g/mol. The molecule has 0 aromatic carbocycles. The summed E-state index contributed by atoms with van der Waals surface area (Å²) in [5.41, 5.74) is 0.416. The van der Waals surface area contributed by atoms with E-state index in [1.807, 2.05) is 0 Å². The molecule has 0 aromatic heterocycles. The Balaban J connectivity index is 2.42. The smallest absolute Gasteiger partial charge is 0.0110 e. The summed E-state index contributed by atoms with van der Waals surface area (Å²) in [4.78, 5) is 5.32. The molecule has 1 aliphatic heterocycles. The second-order valence-corrected chi connectivity index (χ2v) is 8.07. The van der Waals surface area contributed by atoms with Crippen LogP contribution in [-0.2, 0) is 0 Å². The van der Waals surface area contributed by atoms with Gasteiger partial charge in [0, 0.05) is 51.9 Å². The van der Waals surface area contributed by atoms with E-state index in [0.717, 1.165) is 12.5 Å². The zero-order chi connectivity index (χ0) is 15.9. The van der Waals surface area contributed by atoms with Crippen molar-refractivity contribution >= 4 is 0 Å². The molecule has 1 rings (SSSR count). The molecular formula is C18H39N3. The fourth-order valence-corrected chi connectivity index (χ4v) is 3.46. The van der Waals surface area contributed by atoms with Gasteiger partial charge in [0.1, 0.15) is 0 Å². The van der Waals surface area contributed by atoms with Crippen molar-refractivity contribution in [3.63, 3.8) is 0 Å². The van der Waals surface area contributed by atoms with E-state index >= 15 is 0 Å². The van der Waals surface area contributed by atoms with E-state index < -0.39 is 0 Å². The molecule has 21 heavy (non-hydrogen) atoms. The second kappa shape index (κ2) is 9.12. The average molecular weight is 298 g/mol. The molecule has 0 aliphatic carbocycles. The Kier molecular flexibility index (Phi) is 8.22. The molecule has 0 aromatic rings. The molecule has 3 nitrogen and oxygen atoms in total. The van der Waals surface area contributed by atoms with E-state index in [2.05, 4.69) is 56.7 Å². The van der Waals surface area contributed by atoms with Gasteiger partial charge in [-0.1, -0.05) is 48.0 Å². The lowest BCUT2D eigenvalue weighted by Gasteiger charge is -2.41. The SMILES string of the molecule is CCCC(C)(CNC(C)C)CN1CCN(CC(C)C)CC1. The van der Waals surface area contributed by atoms with Crippen molar-refractivity contribution in [3.8, 4) is 0 Å². The van der Waals surface area contributed by atoms with E-state index in [1.54, 1.807) is 0 Å². The van der Waals surface area contributed by atoms with Gasteiger partial charge in [-0.25, -0.2) is 0 Å². The maximum Gasteiger partial charge on any atom is 0.0110 e. The lowest BCUT2D eigenvalue weighted by atomic mass is 9.84. The van der Waals surface area contributed by atoms with Crippen molar-refractivity contribution in [1.29, 1.82) is 0 Å². The van der Waals surface area contributed by atoms with E-state index in [-0.39, 0.29) is 0 Å². The van der Waals surface area contributed by atoms with Crippen molar-refractivity contribution in [1.82, 2.24) is 15.1 Å². The number of piperazine rings is 1. The zero-order valence-electron chi connectivity index (χ0n) is 15.4. The molecule has 126 valence electrons. The molecule has 3 heteroatoms. The van der Waals surface area contributed by atoms with Gasteiger partial charge in [0.25, 0.3) is 0 Å². The van der Waals surface area contributed by atoms with Crippen molar-refractivity contribution in [2.24, 2.45) is 11.3 Å². The van der Waals surface area contributed by atoms with Crippen LogP contribution in [0.2, 0.25) is 0 Å². The Hall–Kier alpha value is -0.120. The van der Waals surface area contributed by atoms with Crippen LogP contribution >= 0.6 is 0 Å². The molecule has 0 radical (unpaired) electrons. The van der Waals surface area contributed by atoms with E-state index in [0.29, 0.717) is 11.5 Å². The van der Waals surface area contributed by atoms with Crippen LogP contribution in [0.25, 0.3) is 0 Å². The molecule has 0 bridgehead atoms. The third-order valence-electron chi connectivity index (χ3n) is 4.48. The van der Waals surface area contributed by atoms with Gasteiger partial charge < -0.3 is 15.1 Å². The first kappa shape index (κ1) is 18.9. The van der Waals surface area contributed by atoms with Gasteiger partial charge in [0.15, 0.2) is 0 Å². The third-order valence-corrected chi connectivity index (χ3v) is 4.48. The highest BCUT2D eigenvalue weighted by Crippen LogP contribution is 2.25. The van der Waals surface area contributed by atoms with Crippen LogP contribution in [0.15, 0.2) is 0 Å². The summed E-state index contributed by atoms with van der Waals surface area (Å²) in [6, 6.07) is 0.587. The first-order chi connectivity index (χ1) is 9.84. The summed E-state index contributed by atoms with van der Waals surface area (Å²) in [7, 11) is 0. The van der Waals surface area contributed by atoms with Crippen molar-refractivity contribution < 1.29 is 0 Å². The van der Waals surface area contributed by atoms with Gasteiger partial charge in [-0.15, -0.1) is 0 Å². The first-order valence-corrected chi connectivity index (χ1v) is 9.03. The van der Waals surface area contributed by atoms with Gasteiger partial charge in [-0.3, -0.25) is 0 Å². The highest BCUT2D eigenvalue weighted by molar-refractivity contribution is 4.84. The Morgan fingerprint density at radius 2 is 1.57 bits per heavy atom. The molecule has 1 aliphatic rings. The molecule has 1 heterocycles. The molecule has 1 atom stereocenters. The van der Waals surface area contributed by atoms with Gasteiger partial charge in [0.05, 0.1) is 0 Å². The minimum atomic E-state index is 0.416. The van der Waals surface area contributed by atoms with E-state index in [1.165, 1.54) is 52.1 Å². The third kappa shape index (κ3) is 7.62. The van der Waals surface area contributed by atoms with Crippen LogP contribution in [0.1, 0.15) is 54.4 Å². The molecule has 1 saturated heterocycles. The predicted octanol–water partition coefficient (Wildman–Crippen LogP) is 3.06. The summed E-state index contributed by atoms with van der Waals surface area (Å²) in [5.74, 6) is 0.789. The number of nitrogens with zero attached hydrogens (tertiary/aromatic N) is 2. The fourth-order valence-electron chi connectivity index (χ4n) is 3.46. The van der Waals surface area contributed by atoms with Gasteiger partial charge in [0.2, 0.25) is 0 Å². The highest BCUT2D eigenvalue weighted by Gasteiger charge is 2.28. The van der Waals surface area contributed by atoms with Gasteiger partial charge in [-0.2, -0.15) is 0 Å². The monoisotopic (exact) mass is 297 g/mol. The number of hydrogen-bond acceptors (Lipinski definition) is 3. The summed E-state index contributed by atoms with van der Waals surface area (Å²) >= 11 is 0. The standard InChI is InChI=1S/C18H39N3/c1-7-8-18(6,14-19-17(4)5)15-21-11-9-20(10-12-21)13-16(2)3/h16-17,19H,7-15H2,1-6H3. The summed E-state index contributed by atoms with van der Waals surface area (Å²) < 4.78 is 0. The number of hydrogen-bond donors (Lipinski definition) is 1. The lowest BCUT2D eigenvalue weighted by molar-refractivity contribution is 0.0796. The average Bonchev–Trinajstić information content (AvgIpc) is 2.39. The molecule has 1 unspecified atom stereocenters. The minimum absolute atomic E-state index is 0.416. The van der Waals surface area contributed by atoms with E-state index in [9.17, 15) is 0 Å². The van der Waals surface area contributed by atoms with Crippen LogP contribution in [0.5, 0.6) is 0 Å². The van der Waals surface area contributed by atoms with Crippen molar-refractivity contribution in [2.75, 3.05) is 45.8 Å². The predicted molar refractivity (Wildman–Crippen MR) is 93.9 cm³/mol. The van der Waals surface area contributed by atoms with E-state index in [4.69, 9.17) is 0 Å². The van der Waals surface area contributed by atoms with Crippen LogP contribution in [-0.4, -0.2) is 61.7 Å². The van der Waals surface area contributed by atoms with Crippen LogP contribution in [0.3, 0.4) is 0 Å². The van der Waals surface area contributed by atoms with Crippen molar-refractivity contribution in [3.05, 3.63) is 0 Å². The first-order valence-electron chi connectivity index (χ1n) is 9.03. The molecule has 0 saturated carbocycles. The Labute approximate surface area is 133 Å². The normalized spacial score (nSPS) is 21.1. The quantitative estimate of drug-likeness (QED) is 0.705. The van der Waals surface area contributed by atoms with Crippen LogP contribution < -0.4 is 5.32 Å². The Morgan fingerprint density at radius 1 is 1.00 bits per heavy atom. The summed E-state index contributed by atoms with van der Waals surface area (Å²) in [5, 5.41) is 3.66. The zero-order valence-corrected chi connectivity index (χ0v) is 15.4. The molecule has 0 spiro atoms. The van der Waals surface area contributed by atoms with Crippen LogP contribution in [0, 0.1) is 11.3 Å². The maximum atomic E-state index is 3.66.